The smallest absolute Gasteiger partial charge is 0.223 e. The molecular weight excluding hydrogens is 204 g/mol. The van der Waals surface area contributed by atoms with Crippen LogP contribution in [0.2, 0.25) is 0 Å². The van der Waals surface area contributed by atoms with Gasteiger partial charge in [0.2, 0.25) is 5.95 Å². The predicted molar refractivity (Wildman–Crippen MR) is 62.4 cm³/mol. The highest BCUT2D eigenvalue weighted by atomic mass is 15.1. The minimum atomic E-state index is 0.164. The number of nitrogens with one attached hydrogen (secondary N) is 1. The number of aromatic nitrogens is 3. The molecule has 0 atom stereocenters. The van der Waals surface area contributed by atoms with Gasteiger partial charge in [-0.1, -0.05) is 0 Å². The molecule has 0 bridgehead atoms. The van der Waals surface area contributed by atoms with E-state index in [1.165, 1.54) is 0 Å². The van der Waals surface area contributed by atoms with Crippen LogP contribution in [0.5, 0.6) is 0 Å². The highest BCUT2D eigenvalue weighted by molar-refractivity contribution is 5.48. The third-order valence-electron chi connectivity index (χ3n) is 1.99. The van der Waals surface area contributed by atoms with Crippen LogP contribution in [-0.4, -0.2) is 15.0 Å². The molecule has 2 aromatic heterocycles. The molecule has 0 unspecified atom stereocenters. The van der Waals surface area contributed by atoms with E-state index in [4.69, 9.17) is 11.5 Å². The van der Waals surface area contributed by atoms with Crippen molar-refractivity contribution >= 4 is 17.6 Å². The van der Waals surface area contributed by atoms with Crippen LogP contribution in [0, 0.1) is 0 Å². The lowest BCUT2D eigenvalue weighted by Gasteiger charge is -2.06. The van der Waals surface area contributed by atoms with Crippen molar-refractivity contribution in [3.05, 3.63) is 36.2 Å². The van der Waals surface area contributed by atoms with Gasteiger partial charge in [-0.15, -0.1) is 0 Å². The first kappa shape index (κ1) is 10.2. The number of nitrogen functional groups attached to an aromatic ring is 2. The maximum absolute atomic E-state index is 5.55. The summed E-state index contributed by atoms with van der Waals surface area (Å²) in [5.74, 6) is 1.13. The average molecular weight is 216 g/mol. The van der Waals surface area contributed by atoms with E-state index in [2.05, 4.69) is 20.3 Å². The lowest BCUT2D eigenvalue weighted by atomic mass is 10.3. The Labute approximate surface area is 92.7 Å². The second-order valence-electron chi connectivity index (χ2n) is 3.25. The largest absolute Gasteiger partial charge is 0.383 e. The quantitative estimate of drug-likeness (QED) is 0.696. The van der Waals surface area contributed by atoms with Gasteiger partial charge in [-0.05, 0) is 17.7 Å². The lowest BCUT2D eigenvalue weighted by molar-refractivity contribution is 1.08. The van der Waals surface area contributed by atoms with E-state index < -0.39 is 0 Å². The monoisotopic (exact) mass is 216 g/mol. The zero-order chi connectivity index (χ0) is 11.4. The number of nitrogens with two attached hydrogens (primary N) is 2. The molecule has 0 aliphatic heterocycles. The van der Waals surface area contributed by atoms with E-state index in [1.807, 2.05) is 12.1 Å². The summed E-state index contributed by atoms with van der Waals surface area (Å²) in [4.78, 5) is 11.7. The molecule has 2 heterocycles. The number of hydrogen-bond acceptors (Lipinski definition) is 6. The van der Waals surface area contributed by atoms with Crippen molar-refractivity contribution in [2.75, 3.05) is 16.8 Å². The molecule has 0 amide bonds. The average Bonchev–Trinajstić information content (AvgIpc) is 2.27. The molecule has 0 aliphatic carbocycles. The third-order valence-corrected chi connectivity index (χ3v) is 1.99. The van der Waals surface area contributed by atoms with Gasteiger partial charge in [0, 0.05) is 25.0 Å². The zero-order valence-electron chi connectivity index (χ0n) is 8.59. The van der Waals surface area contributed by atoms with Gasteiger partial charge in [0.1, 0.15) is 11.6 Å². The highest BCUT2D eigenvalue weighted by Gasteiger charge is 1.99. The summed E-state index contributed by atoms with van der Waals surface area (Å²) < 4.78 is 0. The van der Waals surface area contributed by atoms with Gasteiger partial charge in [-0.25, -0.2) is 0 Å². The number of anilines is 3. The minimum absolute atomic E-state index is 0.164. The Kier molecular flexibility index (Phi) is 2.81. The molecule has 2 rings (SSSR count). The molecule has 82 valence electrons. The molecule has 0 spiro atoms. The van der Waals surface area contributed by atoms with Crippen LogP contribution in [-0.2, 0) is 6.54 Å². The molecule has 0 saturated heterocycles. The molecule has 6 nitrogen and oxygen atoms in total. The van der Waals surface area contributed by atoms with Crippen LogP contribution in [0.25, 0.3) is 0 Å². The van der Waals surface area contributed by atoms with Gasteiger partial charge in [-0.2, -0.15) is 9.97 Å². The van der Waals surface area contributed by atoms with Crippen molar-refractivity contribution < 1.29 is 0 Å². The van der Waals surface area contributed by atoms with Crippen LogP contribution in [0.1, 0.15) is 5.56 Å². The van der Waals surface area contributed by atoms with E-state index in [0.29, 0.717) is 18.2 Å². The van der Waals surface area contributed by atoms with Crippen LogP contribution >= 0.6 is 0 Å². The summed E-state index contributed by atoms with van der Waals surface area (Å²) >= 11 is 0. The Morgan fingerprint density at radius 3 is 2.56 bits per heavy atom. The molecule has 0 radical (unpaired) electrons. The summed E-state index contributed by atoms with van der Waals surface area (Å²) in [6, 6.07) is 5.47. The molecule has 6 heteroatoms. The molecule has 0 aromatic carbocycles. The van der Waals surface area contributed by atoms with Crippen molar-refractivity contribution in [3.63, 3.8) is 0 Å². The SMILES string of the molecule is Nc1cc(NCc2ccncc2)nc(N)n1. The van der Waals surface area contributed by atoms with Gasteiger partial charge < -0.3 is 16.8 Å². The third kappa shape index (κ3) is 2.57. The predicted octanol–water partition coefficient (Wildman–Crippen LogP) is 0.648. The Balaban J connectivity index is 2.05. The number of rotatable bonds is 3. The Hall–Kier alpha value is -2.37. The summed E-state index contributed by atoms with van der Waals surface area (Å²) in [7, 11) is 0. The molecule has 2 aromatic rings. The summed E-state index contributed by atoms with van der Waals surface area (Å²) in [5, 5.41) is 3.10. The van der Waals surface area contributed by atoms with E-state index in [-0.39, 0.29) is 5.95 Å². The number of nitrogens with zero attached hydrogens (tertiary/aromatic N) is 3. The second kappa shape index (κ2) is 4.43. The van der Waals surface area contributed by atoms with E-state index in [1.54, 1.807) is 18.5 Å². The molecule has 0 fully saturated rings. The van der Waals surface area contributed by atoms with Gasteiger partial charge in [0.15, 0.2) is 0 Å². The summed E-state index contributed by atoms with van der Waals surface area (Å²) in [6.45, 7) is 0.637. The molecule has 0 aliphatic rings. The fourth-order valence-electron chi connectivity index (χ4n) is 1.27. The van der Waals surface area contributed by atoms with Crippen LogP contribution in [0.4, 0.5) is 17.6 Å². The summed E-state index contributed by atoms with van der Waals surface area (Å²) in [6.07, 6.45) is 3.47. The van der Waals surface area contributed by atoms with Crippen molar-refractivity contribution in [2.24, 2.45) is 0 Å². The first-order valence-electron chi connectivity index (χ1n) is 4.77. The Morgan fingerprint density at radius 1 is 1.12 bits per heavy atom. The molecule has 0 saturated carbocycles. The first-order valence-corrected chi connectivity index (χ1v) is 4.77. The topological polar surface area (TPSA) is 103 Å². The fraction of sp³-hybridized carbons (Fsp3) is 0.100. The van der Waals surface area contributed by atoms with Crippen molar-refractivity contribution in [3.8, 4) is 0 Å². The Morgan fingerprint density at radius 2 is 1.88 bits per heavy atom. The second-order valence-corrected chi connectivity index (χ2v) is 3.25. The fourth-order valence-corrected chi connectivity index (χ4v) is 1.27. The standard InChI is InChI=1S/C10H12N6/c11-8-5-9(16-10(12)15-8)14-6-7-1-3-13-4-2-7/h1-5H,6H2,(H5,11,12,14,15,16). The van der Waals surface area contributed by atoms with Gasteiger partial charge in [0.25, 0.3) is 0 Å². The zero-order valence-corrected chi connectivity index (χ0v) is 8.59. The van der Waals surface area contributed by atoms with Crippen LogP contribution in [0.15, 0.2) is 30.6 Å². The lowest BCUT2D eigenvalue weighted by Crippen LogP contribution is -2.06. The van der Waals surface area contributed by atoms with Gasteiger partial charge in [0.05, 0.1) is 0 Å². The number of pyridine rings is 1. The first-order chi connectivity index (χ1) is 7.74. The van der Waals surface area contributed by atoms with Gasteiger partial charge in [-0.3, -0.25) is 4.98 Å². The minimum Gasteiger partial charge on any atom is -0.383 e. The highest BCUT2D eigenvalue weighted by Crippen LogP contribution is 2.10. The molecular formula is C10H12N6. The molecule has 16 heavy (non-hydrogen) atoms. The maximum Gasteiger partial charge on any atom is 0.223 e. The molecule has 5 N–H and O–H groups in total. The number of hydrogen-bond donors (Lipinski definition) is 3. The summed E-state index contributed by atoms with van der Waals surface area (Å²) in [5.41, 5.74) is 12.1. The van der Waals surface area contributed by atoms with Crippen molar-refractivity contribution in [1.29, 1.82) is 0 Å². The maximum atomic E-state index is 5.55. The van der Waals surface area contributed by atoms with E-state index in [9.17, 15) is 0 Å². The van der Waals surface area contributed by atoms with E-state index >= 15 is 0 Å². The van der Waals surface area contributed by atoms with E-state index in [0.717, 1.165) is 5.56 Å². The normalized spacial score (nSPS) is 10.0. The Bertz CT molecular complexity index is 450. The van der Waals surface area contributed by atoms with Crippen LogP contribution < -0.4 is 16.8 Å². The van der Waals surface area contributed by atoms with Crippen LogP contribution in [0.3, 0.4) is 0 Å². The van der Waals surface area contributed by atoms with Crippen molar-refractivity contribution in [1.82, 2.24) is 15.0 Å². The van der Waals surface area contributed by atoms with Gasteiger partial charge >= 0.3 is 0 Å². The van der Waals surface area contributed by atoms with Crippen molar-refractivity contribution in [2.45, 2.75) is 6.54 Å².